The third kappa shape index (κ3) is 3.47. The monoisotopic (exact) mass is 340 g/mol. The number of hydrogen-bond donors (Lipinski definition) is 0. The Balaban J connectivity index is 1.75. The predicted octanol–water partition coefficient (Wildman–Crippen LogP) is 2.87. The minimum atomic E-state index is -0.657. The van der Waals surface area contributed by atoms with Crippen LogP contribution in [0.4, 0.5) is 5.69 Å². The largest absolute Gasteiger partial charge is 0.353 e. The summed E-state index contributed by atoms with van der Waals surface area (Å²) in [7, 11) is 0. The summed E-state index contributed by atoms with van der Waals surface area (Å²) in [6.07, 6.45) is 1.70. The summed E-state index contributed by atoms with van der Waals surface area (Å²) in [5.74, 6) is -0.483. The molecule has 2 aromatic heterocycles. The Kier molecular flexibility index (Phi) is 4.42. The molecule has 0 fully saturated rings. The molecule has 3 rings (SSSR count). The van der Waals surface area contributed by atoms with Crippen LogP contribution in [0.5, 0.6) is 0 Å². The van der Waals surface area contributed by atoms with E-state index in [1.807, 2.05) is 31.2 Å². The van der Waals surface area contributed by atoms with Crippen molar-refractivity contribution in [1.29, 1.82) is 0 Å². The number of benzene rings is 1. The number of nitro groups is 1. The van der Waals surface area contributed by atoms with E-state index < -0.39 is 10.7 Å². The van der Waals surface area contributed by atoms with Gasteiger partial charge in [0, 0.05) is 13.1 Å². The van der Waals surface area contributed by atoms with Gasteiger partial charge in [-0.1, -0.05) is 29.4 Å². The number of nitrogens with zero attached hydrogens (tertiary/aromatic N) is 4. The second-order valence-electron chi connectivity index (χ2n) is 5.72. The number of carbonyl (C=O) groups is 1. The zero-order valence-electron chi connectivity index (χ0n) is 13.8. The zero-order valence-corrected chi connectivity index (χ0v) is 13.8. The first-order chi connectivity index (χ1) is 12.0. The van der Waals surface area contributed by atoms with Crippen LogP contribution in [-0.4, -0.2) is 25.6 Å². The van der Waals surface area contributed by atoms with Gasteiger partial charge in [0.05, 0.1) is 23.6 Å². The number of aromatic nitrogens is 3. The number of carbonyl (C=O) groups excluding carboxylic acids is 1. The molecule has 8 heteroatoms. The van der Waals surface area contributed by atoms with E-state index in [-0.39, 0.29) is 23.6 Å². The third-order valence-corrected chi connectivity index (χ3v) is 3.91. The molecule has 2 heterocycles. The molecule has 128 valence electrons. The van der Waals surface area contributed by atoms with Crippen LogP contribution in [-0.2, 0) is 13.0 Å². The van der Waals surface area contributed by atoms with Gasteiger partial charge in [-0.3, -0.25) is 19.6 Å². The van der Waals surface area contributed by atoms with Gasteiger partial charge in [0.1, 0.15) is 0 Å². The SMILES string of the molecule is Cc1ccccc1Cn1ccc(CC(=O)c2noc(C)c2[N+](=O)[O-])n1. The number of aryl methyl sites for hydroxylation is 2. The molecule has 0 atom stereocenters. The molecule has 25 heavy (non-hydrogen) atoms. The van der Waals surface area contributed by atoms with Gasteiger partial charge in [0.25, 0.3) is 0 Å². The lowest BCUT2D eigenvalue weighted by Gasteiger charge is -2.05. The normalized spacial score (nSPS) is 10.8. The lowest BCUT2D eigenvalue weighted by molar-refractivity contribution is -0.386. The molecule has 0 unspecified atom stereocenters. The van der Waals surface area contributed by atoms with Crippen molar-refractivity contribution in [3.63, 3.8) is 0 Å². The summed E-state index contributed by atoms with van der Waals surface area (Å²) in [6, 6.07) is 9.69. The van der Waals surface area contributed by atoms with E-state index >= 15 is 0 Å². The van der Waals surface area contributed by atoms with Gasteiger partial charge >= 0.3 is 5.69 Å². The summed E-state index contributed by atoms with van der Waals surface area (Å²) in [4.78, 5) is 22.7. The van der Waals surface area contributed by atoms with Gasteiger partial charge < -0.3 is 4.52 Å². The Bertz CT molecular complexity index is 942. The van der Waals surface area contributed by atoms with Crippen LogP contribution in [0, 0.1) is 24.0 Å². The van der Waals surface area contributed by atoms with Crippen molar-refractivity contribution >= 4 is 11.5 Å². The average molecular weight is 340 g/mol. The van der Waals surface area contributed by atoms with E-state index in [0.717, 1.165) is 11.1 Å². The van der Waals surface area contributed by atoms with Crippen LogP contribution in [0.25, 0.3) is 0 Å². The zero-order chi connectivity index (χ0) is 18.0. The first kappa shape index (κ1) is 16.6. The topological polar surface area (TPSA) is 104 Å². The van der Waals surface area contributed by atoms with Gasteiger partial charge in [0.15, 0.2) is 5.78 Å². The Morgan fingerprint density at radius 1 is 1.28 bits per heavy atom. The second kappa shape index (κ2) is 6.68. The number of hydrogen-bond acceptors (Lipinski definition) is 6. The summed E-state index contributed by atoms with van der Waals surface area (Å²) < 4.78 is 6.50. The Morgan fingerprint density at radius 3 is 2.76 bits per heavy atom. The standard InChI is InChI=1S/C17H16N4O4/c1-11-5-3-4-6-13(11)10-20-8-7-14(18-20)9-15(22)16-17(21(23)24)12(2)25-19-16/h3-8H,9-10H2,1-2H3. The fourth-order valence-corrected chi connectivity index (χ4v) is 2.56. The third-order valence-electron chi connectivity index (χ3n) is 3.91. The highest BCUT2D eigenvalue weighted by atomic mass is 16.6. The highest BCUT2D eigenvalue weighted by molar-refractivity contribution is 5.99. The van der Waals surface area contributed by atoms with Gasteiger partial charge in [-0.05, 0) is 24.1 Å². The fourth-order valence-electron chi connectivity index (χ4n) is 2.56. The van der Waals surface area contributed by atoms with Crippen molar-refractivity contribution in [1.82, 2.24) is 14.9 Å². The van der Waals surface area contributed by atoms with E-state index in [9.17, 15) is 14.9 Å². The molecule has 0 spiro atoms. The highest BCUT2D eigenvalue weighted by Crippen LogP contribution is 2.23. The maximum atomic E-state index is 12.3. The van der Waals surface area contributed by atoms with Gasteiger partial charge in [-0.25, -0.2) is 0 Å². The van der Waals surface area contributed by atoms with Crippen LogP contribution in [0.15, 0.2) is 41.1 Å². The van der Waals surface area contributed by atoms with Crippen molar-refractivity contribution in [2.75, 3.05) is 0 Å². The molecule has 0 aliphatic rings. The van der Waals surface area contributed by atoms with Gasteiger partial charge in [-0.2, -0.15) is 5.10 Å². The smallest absolute Gasteiger partial charge is 0.342 e. The van der Waals surface area contributed by atoms with E-state index in [1.165, 1.54) is 6.92 Å². The summed E-state index contributed by atoms with van der Waals surface area (Å²) in [5.41, 5.74) is 2.16. The van der Waals surface area contributed by atoms with Gasteiger partial charge in [0.2, 0.25) is 11.5 Å². The molecule has 3 aromatic rings. The van der Waals surface area contributed by atoms with E-state index in [0.29, 0.717) is 12.2 Å². The Morgan fingerprint density at radius 2 is 2.04 bits per heavy atom. The van der Waals surface area contributed by atoms with E-state index in [4.69, 9.17) is 4.52 Å². The molecular weight excluding hydrogens is 324 g/mol. The summed E-state index contributed by atoms with van der Waals surface area (Å²) in [5, 5.41) is 18.9. The van der Waals surface area contributed by atoms with Crippen molar-refractivity contribution in [3.05, 3.63) is 74.9 Å². The maximum absolute atomic E-state index is 12.3. The Labute approximate surface area is 143 Å². The summed E-state index contributed by atoms with van der Waals surface area (Å²) >= 11 is 0. The molecule has 0 radical (unpaired) electrons. The first-order valence-corrected chi connectivity index (χ1v) is 7.66. The van der Waals surface area contributed by atoms with Crippen molar-refractivity contribution in [2.24, 2.45) is 0 Å². The van der Waals surface area contributed by atoms with Crippen molar-refractivity contribution in [3.8, 4) is 0 Å². The van der Waals surface area contributed by atoms with Crippen LogP contribution in [0.1, 0.15) is 33.1 Å². The van der Waals surface area contributed by atoms with E-state index in [2.05, 4.69) is 10.3 Å². The minimum Gasteiger partial charge on any atom is -0.353 e. The molecule has 0 saturated carbocycles. The van der Waals surface area contributed by atoms with Crippen LogP contribution in [0.2, 0.25) is 0 Å². The lowest BCUT2D eigenvalue weighted by atomic mass is 10.1. The van der Waals surface area contributed by atoms with Gasteiger partial charge in [-0.15, -0.1) is 0 Å². The molecule has 0 bridgehead atoms. The quantitative estimate of drug-likeness (QED) is 0.388. The predicted molar refractivity (Wildman–Crippen MR) is 88.4 cm³/mol. The first-order valence-electron chi connectivity index (χ1n) is 7.66. The second-order valence-corrected chi connectivity index (χ2v) is 5.72. The van der Waals surface area contributed by atoms with E-state index in [1.54, 1.807) is 16.9 Å². The van der Waals surface area contributed by atoms with Crippen molar-refractivity contribution in [2.45, 2.75) is 26.8 Å². The lowest BCUT2D eigenvalue weighted by Crippen LogP contribution is -2.09. The average Bonchev–Trinajstić information content (AvgIpc) is 3.16. The number of rotatable bonds is 6. The summed E-state index contributed by atoms with van der Waals surface area (Å²) in [6.45, 7) is 4.01. The molecule has 0 aliphatic carbocycles. The fraction of sp³-hybridized carbons (Fsp3) is 0.235. The molecule has 0 N–H and O–H groups in total. The Hall–Kier alpha value is -3.29. The van der Waals surface area contributed by atoms with Crippen LogP contribution >= 0.6 is 0 Å². The van der Waals surface area contributed by atoms with Crippen LogP contribution in [0.3, 0.4) is 0 Å². The molecule has 8 nitrogen and oxygen atoms in total. The number of ketones is 1. The molecule has 0 saturated heterocycles. The molecular formula is C17H16N4O4. The molecule has 1 aromatic carbocycles. The molecule has 0 amide bonds. The minimum absolute atomic E-state index is 0.0124. The van der Waals surface area contributed by atoms with Crippen molar-refractivity contribution < 1.29 is 14.2 Å². The molecule has 0 aliphatic heterocycles. The highest BCUT2D eigenvalue weighted by Gasteiger charge is 2.29. The maximum Gasteiger partial charge on any atom is 0.342 e. The number of Topliss-reactive ketones (excluding diaryl/α,β-unsaturated/α-hetero) is 1. The van der Waals surface area contributed by atoms with Crippen LogP contribution < -0.4 is 0 Å².